The minimum atomic E-state index is -1.11. The molecule has 1 aliphatic rings. The molecule has 1 aliphatic heterocycles. The third-order valence-corrected chi connectivity index (χ3v) is 5.17. The van der Waals surface area contributed by atoms with Crippen LogP contribution in [-0.2, 0) is 9.53 Å². The zero-order valence-electron chi connectivity index (χ0n) is 18.1. The van der Waals surface area contributed by atoms with Gasteiger partial charge >= 0.3 is 12.1 Å². The third-order valence-electron chi connectivity index (χ3n) is 5.17. The first-order valence-corrected chi connectivity index (χ1v) is 9.81. The van der Waals surface area contributed by atoms with Gasteiger partial charge in [-0.1, -0.05) is 24.0 Å². The van der Waals surface area contributed by atoms with E-state index in [4.69, 9.17) is 9.84 Å². The molecule has 158 valence electrons. The summed E-state index contributed by atoms with van der Waals surface area (Å²) in [6.45, 7) is 10.9. The maximum Gasteiger partial charge on any atom is 0.410 e. The Morgan fingerprint density at radius 1 is 1.28 bits per heavy atom. The molecule has 2 atom stereocenters. The second-order valence-electron chi connectivity index (χ2n) is 9.23. The van der Waals surface area contributed by atoms with Gasteiger partial charge in [-0.05, 0) is 59.2 Å². The Hall–Kier alpha value is -2.52. The largest absolute Gasteiger partial charge is 0.480 e. The maximum atomic E-state index is 12.6. The number of cyclic esters (lactones) is 1. The van der Waals surface area contributed by atoms with Crippen LogP contribution < -0.4 is 0 Å². The molecule has 2 rings (SSSR count). The molecule has 0 saturated carbocycles. The number of aliphatic carboxylic acids is 1. The molecule has 1 fully saturated rings. The highest BCUT2D eigenvalue weighted by atomic mass is 16.6. The Balaban J connectivity index is 2.08. The van der Waals surface area contributed by atoms with Gasteiger partial charge in [0.1, 0.15) is 11.0 Å². The molecule has 1 aromatic carbocycles. The van der Waals surface area contributed by atoms with Gasteiger partial charge in [0.05, 0.1) is 11.6 Å². The molecule has 0 spiro atoms. The van der Waals surface area contributed by atoms with Crippen molar-refractivity contribution in [2.75, 3.05) is 6.54 Å². The lowest BCUT2D eigenvalue weighted by molar-refractivity contribution is -0.143. The topological polar surface area (TPSA) is 87.1 Å². The first-order valence-electron chi connectivity index (χ1n) is 9.81. The number of benzene rings is 1. The number of carbonyl (C=O) groups excluding carboxylic acids is 1. The van der Waals surface area contributed by atoms with Crippen LogP contribution in [0.4, 0.5) is 4.79 Å². The van der Waals surface area contributed by atoms with Crippen LogP contribution in [0.15, 0.2) is 24.3 Å². The number of ether oxygens (including phenoxy) is 1. The monoisotopic (exact) mass is 401 g/mol. The molecule has 2 unspecified atom stereocenters. The lowest BCUT2D eigenvalue weighted by Crippen LogP contribution is -2.51. The minimum absolute atomic E-state index is 0.174. The predicted octanol–water partition coefficient (Wildman–Crippen LogP) is 3.97. The van der Waals surface area contributed by atoms with E-state index >= 15 is 0 Å². The number of rotatable bonds is 5. The summed E-state index contributed by atoms with van der Waals surface area (Å²) in [6.07, 6.45) is 0.636. The van der Waals surface area contributed by atoms with Gasteiger partial charge in [-0.15, -0.1) is 0 Å². The molecular formula is C23H31NO5. The van der Waals surface area contributed by atoms with E-state index in [-0.39, 0.29) is 12.1 Å². The summed E-state index contributed by atoms with van der Waals surface area (Å²) in [7, 11) is 0. The summed E-state index contributed by atoms with van der Waals surface area (Å²) in [5.41, 5.74) is -1.04. The van der Waals surface area contributed by atoms with Crippen molar-refractivity contribution < 1.29 is 24.5 Å². The van der Waals surface area contributed by atoms with Crippen molar-refractivity contribution in [3.8, 4) is 11.8 Å². The molecule has 0 bridgehead atoms. The second kappa shape index (κ2) is 8.08. The van der Waals surface area contributed by atoms with Crippen molar-refractivity contribution in [2.45, 2.75) is 71.6 Å². The summed E-state index contributed by atoms with van der Waals surface area (Å²) in [5, 5.41) is 19.2. The van der Waals surface area contributed by atoms with Crippen LogP contribution in [0.2, 0.25) is 0 Å². The smallest absolute Gasteiger partial charge is 0.410 e. The molecule has 1 saturated heterocycles. The molecule has 1 aromatic rings. The fourth-order valence-electron chi connectivity index (χ4n) is 3.47. The number of carboxylic acids is 1. The highest BCUT2D eigenvalue weighted by molar-refractivity contribution is 5.77. The van der Waals surface area contributed by atoms with Crippen LogP contribution in [-0.4, -0.2) is 44.9 Å². The van der Waals surface area contributed by atoms with E-state index in [9.17, 15) is 14.7 Å². The molecule has 1 amide bonds. The number of carbonyl (C=O) groups is 2. The number of hydrogen-bond donors (Lipinski definition) is 2. The van der Waals surface area contributed by atoms with E-state index in [2.05, 4.69) is 11.8 Å². The van der Waals surface area contributed by atoms with Crippen LogP contribution in [0, 0.1) is 17.3 Å². The van der Waals surface area contributed by atoms with Gasteiger partial charge < -0.3 is 19.8 Å². The highest BCUT2D eigenvalue weighted by Gasteiger charge is 2.41. The predicted molar refractivity (Wildman–Crippen MR) is 110 cm³/mol. The average molecular weight is 402 g/mol. The van der Waals surface area contributed by atoms with Gasteiger partial charge in [-0.2, -0.15) is 0 Å². The van der Waals surface area contributed by atoms with Crippen molar-refractivity contribution >= 4 is 12.1 Å². The second-order valence-corrected chi connectivity index (χ2v) is 9.23. The summed E-state index contributed by atoms with van der Waals surface area (Å²) in [4.78, 5) is 25.4. The molecule has 0 aliphatic carbocycles. The Kier molecular flexibility index (Phi) is 6.34. The molecule has 0 radical (unpaired) electrons. The van der Waals surface area contributed by atoms with Crippen molar-refractivity contribution in [1.29, 1.82) is 0 Å². The quantitative estimate of drug-likeness (QED) is 0.729. The van der Waals surface area contributed by atoms with Gasteiger partial charge in [-0.3, -0.25) is 4.79 Å². The first-order chi connectivity index (χ1) is 13.2. The summed E-state index contributed by atoms with van der Waals surface area (Å²) < 4.78 is 5.68. The van der Waals surface area contributed by atoms with E-state index < -0.39 is 22.6 Å². The van der Waals surface area contributed by atoms with Gasteiger partial charge in [0.2, 0.25) is 0 Å². The Labute approximate surface area is 172 Å². The molecule has 6 nitrogen and oxygen atoms in total. The number of nitrogens with zero attached hydrogens (tertiary/aromatic N) is 1. The van der Waals surface area contributed by atoms with Gasteiger partial charge in [0.15, 0.2) is 0 Å². The van der Waals surface area contributed by atoms with Crippen molar-refractivity contribution in [3.63, 3.8) is 0 Å². The summed E-state index contributed by atoms with van der Waals surface area (Å²) in [5.74, 6) is 4.70. The zero-order chi connectivity index (χ0) is 22.0. The Bertz CT molecular complexity index is 826. The molecule has 2 N–H and O–H groups in total. The van der Waals surface area contributed by atoms with Crippen LogP contribution in [0.3, 0.4) is 0 Å². The van der Waals surface area contributed by atoms with E-state index in [1.54, 1.807) is 32.6 Å². The molecule has 1 heterocycles. The van der Waals surface area contributed by atoms with E-state index in [1.165, 1.54) is 0 Å². The van der Waals surface area contributed by atoms with Crippen LogP contribution in [0.1, 0.15) is 71.6 Å². The van der Waals surface area contributed by atoms with Crippen LogP contribution >= 0.6 is 0 Å². The zero-order valence-corrected chi connectivity index (χ0v) is 18.1. The number of amides is 1. The number of aliphatic hydroxyl groups is 1. The normalized spacial score (nSPS) is 21.1. The highest BCUT2D eigenvalue weighted by Crippen LogP contribution is 2.34. The molecule has 29 heavy (non-hydrogen) atoms. The van der Waals surface area contributed by atoms with Crippen molar-refractivity contribution in [1.82, 2.24) is 4.90 Å². The summed E-state index contributed by atoms with van der Waals surface area (Å²) in [6, 6.07) is 7.25. The van der Waals surface area contributed by atoms with E-state index in [0.29, 0.717) is 24.9 Å². The minimum Gasteiger partial charge on any atom is -0.480 e. The molecule has 6 heteroatoms. The number of hydrogen-bond acceptors (Lipinski definition) is 4. The Morgan fingerprint density at radius 3 is 2.34 bits per heavy atom. The van der Waals surface area contributed by atoms with Crippen LogP contribution in [0.5, 0.6) is 0 Å². The van der Waals surface area contributed by atoms with Crippen LogP contribution in [0.25, 0.3) is 0 Å². The summed E-state index contributed by atoms with van der Waals surface area (Å²) >= 11 is 0. The third kappa shape index (κ3) is 5.98. The average Bonchev–Trinajstić information content (AvgIpc) is 2.58. The Morgan fingerprint density at radius 2 is 1.86 bits per heavy atom. The fraction of sp³-hybridized carbons (Fsp3) is 0.565. The lowest BCUT2D eigenvalue weighted by Gasteiger charge is -2.43. The first kappa shape index (κ1) is 22.8. The molecule has 0 aromatic heterocycles. The number of carboxylic acid groups (broad SMARTS) is 1. The van der Waals surface area contributed by atoms with Gasteiger partial charge in [0.25, 0.3) is 0 Å². The van der Waals surface area contributed by atoms with Crippen molar-refractivity contribution in [2.24, 2.45) is 5.41 Å². The SMILES string of the molecule is CC(c1ccc(C#CC(C)(C)C(=O)O)cc1)N1CCC(C)(CC(C)(C)O)OC1=O. The van der Waals surface area contributed by atoms with Gasteiger partial charge in [0, 0.05) is 24.9 Å². The molecular weight excluding hydrogens is 370 g/mol. The van der Waals surface area contributed by atoms with Gasteiger partial charge in [-0.25, -0.2) is 4.79 Å². The van der Waals surface area contributed by atoms with E-state index in [0.717, 1.165) is 5.56 Å². The van der Waals surface area contributed by atoms with Crippen molar-refractivity contribution in [3.05, 3.63) is 35.4 Å². The van der Waals surface area contributed by atoms with E-state index in [1.807, 2.05) is 38.1 Å². The lowest BCUT2D eigenvalue weighted by atomic mass is 9.87. The standard InChI is InChI=1S/C23H31NO5/c1-16(24-14-13-23(6,29-20(24)27)15-22(4,5)28)18-9-7-17(8-10-18)11-12-21(2,3)19(25)26/h7-10,16,28H,13-15H2,1-6H3,(H,25,26). The fourth-order valence-corrected chi connectivity index (χ4v) is 3.47. The maximum absolute atomic E-state index is 12.6.